The number of nitrogens with zero attached hydrogens (tertiary/aromatic N) is 2. The van der Waals surface area contributed by atoms with Crippen molar-refractivity contribution in [3.8, 4) is 0 Å². The summed E-state index contributed by atoms with van der Waals surface area (Å²) in [6, 6.07) is 1.14. The highest BCUT2D eigenvalue weighted by atomic mass is 32.2. The number of carbonyl (C=O) groups excluding carboxylic acids is 8. The molecular formula is C36H51N7O13S. The van der Waals surface area contributed by atoms with Gasteiger partial charge in [0.05, 0.1) is 37.0 Å². The number of urea groups is 1. The maximum atomic E-state index is 13.7. The Morgan fingerprint density at radius 2 is 1.61 bits per heavy atom. The Kier molecular flexibility index (Phi) is 16.2. The molecule has 8 amide bonds. The molecular weight excluding hydrogens is 770 g/mol. The number of hydrogen-bond donors (Lipinski definition) is 6. The molecule has 0 aliphatic carbocycles. The summed E-state index contributed by atoms with van der Waals surface area (Å²) in [4.78, 5) is 104. The van der Waals surface area contributed by atoms with Crippen LogP contribution in [0.3, 0.4) is 0 Å². The number of likely N-dealkylation sites (tertiary alicyclic amines) is 1. The monoisotopic (exact) mass is 821 g/mol. The second-order valence-electron chi connectivity index (χ2n) is 14.9. The maximum absolute atomic E-state index is 13.7. The smallest absolute Gasteiger partial charge is 0.312 e. The van der Waals surface area contributed by atoms with Crippen molar-refractivity contribution in [3.63, 3.8) is 0 Å². The van der Waals surface area contributed by atoms with E-state index in [4.69, 9.17) is 19.8 Å². The molecule has 0 radical (unpaired) electrons. The van der Waals surface area contributed by atoms with Gasteiger partial charge in [-0.2, -0.15) is 8.42 Å². The van der Waals surface area contributed by atoms with E-state index < -0.39 is 106 Å². The molecule has 314 valence electrons. The lowest BCUT2D eigenvalue weighted by atomic mass is 9.97. The molecule has 0 bridgehead atoms. The molecule has 7 N–H and O–H groups in total. The Balaban J connectivity index is 1.72. The number of amides is 8. The molecule has 1 fully saturated rings. The molecule has 1 aromatic rings. The van der Waals surface area contributed by atoms with Gasteiger partial charge in [0.15, 0.2) is 0 Å². The first-order chi connectivity index (χ1) is 26.6. The van der Waals surface area contributed by atoms with E-state index in [1.807, 2.05) is 0 Å². The van der Waals surface area contributed by atoms with Gasteiger partial charge in [0.25, 0.3) is 21.9 Å². The minimum atomic E-state index is -4.36. The van der Waals surface area contributed by atoms with Crippen molar-refractivity contribution in [2.45, 2.75) is 84.7 Å². The normalized spacial score (nSPS) is 18.1. The van der Waals surface area contributed by atoms with Crippen molar-refractivity contribution < 1.29 is 60.8 Å². The topological polar surface area (TPSA) is 290 Å². The molecule has 1 saturated heterocycles. The van der Waals surface area contributed by atoms with Crippen molar-refractivity contribution in [2.24, 2.45) is 17.1 Å². The molecule has 57 heavy (non-hydrogen) atoms. The van der Waals surface area contributed by atoms with Gasteiger partial charge >= 0.3 is 12.0 Å². The standard InChI is InChI=1S/C36H51N7O13S/c1-21(2)30(41-27(44)18-42-24(20-55-15-16-57(52,53)54)17-26(33(42)49)43-28(45)12-13-29(43)46)32(48)40-25(7-6-14-38-35(37)51)31(47)39-23-10-8-22(9-11-23)19-56-34(50)36(3,4)5/h8-13,21,24-26,30H,6-7,14-20H2,1-5H3,(H,39,47)(H,40,48)(H,41,44)(H3,37,38,51)(H,52,53,54)/t24-,25-,26-,30-/m0/s1. The number of hydrogen-bond acceptors (Lipinski definition) is 12. The van der Waals surface area contributed by atoms with Crippen LogP contribution in [0, 0.1) is 11.3 Å². The van der Waals surface area contributed by atoms with Crippen LogP contribution in [-0.2, 0) is 59.8 Å². The van der Waals surface area contributed by atoms with Crippen molar-refractivity contribution in [2.75, 3.05) is 37.4 Å². The summed E-state index contributed by atoms with van der Waals surface area (Å²) < 4.78 is 42.0. The van der Waals surface area contributed by atoms with Gasteiger partial charge in [-0.25, -0.2) is 4.79 Å². The Labute approximate surface area is 330 Å². The Hall–Kier alpha value is -5.41. The predicted molar refractivity (Wildman–Crippen MR) is 202 cm³/mol. The first kappa shape index (κ1) is 46.0. The lowest BCUT2D eigenvalue weighted by molar-refractivity contribution is -0.154. The molecule has 20 nitrogen and oxygen atoms in total. The van der Waals surface area contributed by atoms with Crippen LogP contribution in [0.4, 0.5) is 10.5 Å². The summed E-state index contributed by atoms with van der Waals surface area (Å²) in [5, 5.41) is 10.4. The lowest BCUT2D eigenvalue weighted by Gasteiger charge is -2.28. The number of nitrogens with two attached hydrogens (primary N) is 1. The molecule has 0 spiro atoms. The van der Waals surface area contributed by atoms with Gasteiger partial charge < -0.3 is 41.4 Å². The van der Waals surface area contributed by atoms with Gasteiger partial charge in [-0.3, -0.25) is 43.0 Å². The van der Waals surface area contributed by atoms with Crippen molar-refractivity contribution in [1.29, 1.82) is 0 Å². The molecule has 2 aliphatic heterocycles. The number of esters is 1. The van der Waals surface area contributed by atoms with Crippen LogP contribution in [0.1, 0.15) is 59.4 Å². The number of carbonyl (C=O) groups is 8. The Morgan fingerprint density at radius 3 is 2.18 bits per heavy atom. The van der Waals surface area contributed by atoms with E-state index in [2.05, 4.69) is 21.3 Å². The van der Waals surface area contributed by atoms with Gasteiger partial charge in [-0.05, 0) is 57.2 Å². The molecule has 0 unspecified atom stereocenters. The highest BCUT2D eigenvalue weighted by molar-refractivity contribution is 7.85. The first-order valence-electron chi connectivity index (χ1n) is 18.2. The van der Waals surface area contributed by atoms with E-state index in [9.17, 15) is 46.8 Å². The molecule has 0 saturated carbocycles. The molecule has 0 aromatic heterocycles. The first-order valence-corrected chi connectivity index (χ1v) is 19.8. The van der Waals surface area contributed by atoms with Crippen LogP contribution in [0.15, 0.2) is 36.4 Å². The number of benzene rings is 1. The molecule has 1 aromatic carbocycles. The third-order valence-corrected chi connectivity index (χ3v) is 9.52. The number of nitrogens with one attached hydrogen (secondary N) is 4. The van der Waals surface area contributed by atoms with Crippen molar-refractivity contribution in [1.82, 2.24) is 25.8 Å². The highest BCUT2D eigenvalue weighted by Crippen LogP contribution is 2.26. The fourth-order valence-electron chi connectivity index (χ4n) is 5.78. The average molecular weight is 822 g/mol. The van der Waals surface area contributed by atoms with Crippen LogP contribution in [0.25, 0.3) is 0 Å². The lowest BCUT2D eigenvalue weighted by Crippen LogP contribution is -2.56. The molecule has 4 atom stereocenters. The largest absolute Gasteiger partial charge is 0.460 e. The molecule has 21 heteroatoms. The summed E-state index contributed by atoms with van der Waals surface area (Å²) in [6.45, 7) is 7.18. The van der Waals surface area contributed by atoms with Gasteiger partial charge in [0.1, 0.15) is 24.7 Å². The van der Waals surface area contributed by atoms with Gasteiger partial charge in [-0.15, -0.1) is 0 Å². The zero-order chi connectivity index (χ0) is 42.7. The molecule has 2 heterocycles. The third-order valence-electron chi connectivity index (χ3n) is 8.84. The number of rotatable bonds is 20. The summed E-state index contributed by atoms with van der Waals surface area (Å²) >= 11 is 0. The van der Waals surface area contributed by atoms with Gasteiger partial charge in [0.2, 0.25) is 23.6 Å². The fraction of sp³-hybridized carbons (Fsp3) is 0.556. The van der Waals surface area contributed by atoms with Crippen LogP contribution in [0.2, 0.25) is 0 Å². The van der Waals surface area contributed by atoms with E-state index >= 15 is 0 Å². The maximum Gasteiger partial charge on any atom is 0.312 e. The van der Waals surface area contributed by atoms with Crippen molar-refractivity contribution in [3.05, 3.63) is 42.0 Å². The predicted octanol–water partition coefficient (Wildman–Crippen LogP) is -0.413. The van der Waals surface area contributed by atoms with Crippen LogP contribution >= 0.6 is 0 Å². The zero-order valence-corrected chi connectivity index (χ0v) is 33.3. The Bertz CT molecular complexity index is 1810. The number of imide groups is 1. The van der Waals surface area contributed by atoms with Gasteiger partial charge in [-0.1, -0.05) is 26.0 Å². The summed E-state index contributed by atoms with van der Waals surface area (Å²) in [5.41, 5.74) is 5.51. The van der Waals surface area contributed by atoms with E-state index in [0.717, 1.165) is 22.0 Å². The van der Waals surface area contributed by atoms with E-state index in [1.54, 1.807) is 58.9 Å². The van der Waals surface area contributed by atoms with Gasteiger partial charge in [0, 0.05) is 30.8 Å². The summed E-state index contributed by atoms with van der Waals surface area (Å²) in [6.07, 6.45) is 2.13. The Morgan fingerprint density at radius 1 is 0.982 bits per heavy atom. The second kappa shape index (κ2) is 20.1. The highest BCUT2D eigenvalue weighted by Gasteiger charge is 2.47. The minimum Gasteiger partial charge on any atom is -0.460 e. The number of ether oxygens (including phenoxy) is 2. The number of anilines is 1. The minimum absolute atomic E-state index is 0.0193. The van der Waals surface area contributed by atoms with E-state index in [1.165, 1.54) is 0 Å². The molecule has 3 rings (SSSR count). The zero-order valence-electron chi connectivity index (χ0n) is 32.4. The fourth-order valence-corrected chi connectivity index (χ4v) is 6.10. The molecule has 2 aliphatic rings. The van der Waals surface area contributed by atoms with Crippen LogP contribution in [-0.4, -0.2) is 126 Å². The van der Waals surface area contributed by atoms with E-state index in [0.29, 0.717) is 11.3 Å². The summed E-state index contributed by atoms with van der Waals surface area (Å²) in [7, 11) is -4.36. The third kappa shape index (κ3) is 14.2. The van der Waals surface area contributed by atoms with E-state index in [-0.39, 0.29) is 45.0 Å². The average Bonchev–Trinajstić information content (AvgIpc) is 3.60. The van der Waals surface area contributed by atoms with Crippen LogP contribution < -0.4 is 27.0 Å². The summed E-state index contributed by atoms with van der Waals surface area (Å²) in [5.74, 6) is -6.04. The SMILES string of the molecule is CC(C)[C@H](NC(=O)CN1C(=O)[C@@H](N2C(=O)C=CC2=O)C[C@H]1COCCS(=O)(=O)O)C(=O)N[C@@H](CCCNC(N)=O)C(=O)Nc1ccc(COC(=O)C(C)(C)C)cc1. The quantitative estimate of drug-likeness (QED) is 0.0423. The van der Waals surface area contributed by atoms with Crippen LogP contribution in [0.5, 0.6) is 0 Å². The second-order valence-corrected chi connectivity index (χ2v) is 16.5. The number of primary amides is 1. The van der Waals surface area contributed by atoms with Crippen molar-refractivity contribution >= 4 is 63.2 Å².